The van der Waals surface area contributed by atoms with E-state index in [1.165, 1.54) is 0 Å². The number of alkyl halides is 2. The molecule has 0 unspecified atom stereocenters. The Bertz CT molecular complexity index is 83.4. The molecule has 0 aliphatic carbocycles. The summed E-state index contributed by atoms with van der Waals surface area (Å²) in [5, 5.41) is 0. The zero-order valence-corrected chi connectivity index (χ0v) is 8.66. The van der Waals surface area contributed by atoms with Crippen LogP contribution in [0.5, 0.6) is 0 Å². The van der Waals surface area contributed by atoms with Crippen molar-refractivity contribution in [2.45, 2.75) is 6.92 Å². The molecule has 0 rings (SSSR count). The molecule has 0 radical (unpaired) electrons. The summed E-state index contributed by atoms with van der Waals surface area (Å²) in [6, 6.07) is 0. The second kappa shape index (κ2) is 6.06. The number of quaternary nitrogens is 1. The average Bonchev–Trinajstić information content (AvgIpc) is 1.88. The maximum atomic E-state index is 5.62. The molecule has 4 heteroatoms. The van der Waals surface area contributed by atoms with E-state index < -0.39 is 0 Å². The highest BCUT2D eigenvalue weighted by molar-refractivity contribution is 6.18. The minimum Gasteiger partial charge on any atom is -0.203 e. The van der Waals surface area contributed by atoms with Crippen LogP contribution in [0, 0.1) is 0 Å². The summed E-state index contributed by atoms with van der Waals surface area (Å²) in [7, 11) is 1.99. The first-order valence-corrected chi connectivity index (χ1v) is 4.86. The van der Waals surface area contributed by atoms with Crippen molar-refractivity contribution < 1.29 is 9.48 Å². The minimum absolute atomic E-state index is 0.517. The average molecular weight is 201 g/mol. The predicted molar refractivity (Wildman–Crippen MR) is 49.0 cm³/mol. The number of nitrogens with zero attached hydrogens (tertiary/aromatic N) is 1. The summed E-state index contributed by atoms with van der Waals surface area (Å²) >= 11 is 11.2. The van der Waals surface area contributed by atoms with Gasteiger partial charge < -0.3 is 0 Å². The predicted octanol–water partition coefficient (Wildman–Crippen LogP) is 1.86. The molecule has 0 saturated heterocycles. The fourth-order valence-corrected chi connectivity index (χ4v) is 1.63. The molecular formula is C7H16Cl2NO+. The van der Waals surface area contributed by atoms with Gasteiger partial charge in [-0.3, -0.25) is 0 Å². The molecular weight excluding hydrogens is 185 g/mol. The number of hydrogen-bond acceptors (Lipinski definition) is 1. The van der Waals surface area contributed by atoms with Crippen LogP contribution < -0.4 is 0 Å². The monoisotopic (exact) mass is 200 g/mol. The normalized spacial score (nSPS) is 12.0. The second-order valence-corrected chi connectivity index (χ2v) is 3.30. The van der Waals surface area contributed by atoms with Crippen LogP contribution in [-0.4, -0.2) is 43.2 Å². The molecule has 0 bridgehead atoms. The first-order chi connectivity index (χ1) is 5.18. The maximum Gasteiger partial charge on any atom is 0.122 e. The molecule has 0 amide bonds. The van der Waals surface area contributed by atoms with Gasteiger partial charge in [0.1, 0.15) is 19.7 Å². The Hall–Kier alpha value is 0.500. The maximum absolute atomic E-state index is 5.62. The molecule has 68 valence electrons. The third-order valence-electron chi connectivity index (χ3n) is 1.56. The van der Waals surface area contributed by atoms with Crippen LogP contribution in [0.1, 0.15) is 6.92 Å². The van der Waals surface area contributed by atoms with Crippen LogP contribution in [0.3, 0.4) is 0 Å². The van der Waals surface area contributed by atoms with Crippen molar-refractivity contribution in [2.24, 2.45) is 0 Å². The van der Waals surface area contributed by atoms with Crippen LogP contribution in [0.2, 0.25) is 0 Å². The number of halogens is 2. The molecule has 0 heterocycles. The van der Waals surface area contributed by atoms with Gasteiger partial charge in [-0.25, -0.2) is 4.84 Å². The van der Waals surface area contributed by atoms with Gasteiger partial charge in [0, 0.05) is 0 Å². The molecule has 0 aliphatic rings. The Kier molecular flexibility index (Phi) is 6.34. The van der Waals surface area contributed by atoms with Crippen LogP contribution >= 0.6 is 23.2 Å². The molecule has 11 heavy (non-hydrogen) atoms. The summed E-state index contributed by atoms with van der Waals surface area (Å²) in [6.07, 6.45) is 0. The quantitative estimate of drug-likeness (QED) is 0.362. The SMILES string of the molecule is CCO[N+](C)(CCCl)CCCl. The van der Waals surface area contributed by atoms with E-state index >= 15 is 0 Å². The van der Waals surface area contributed by atoms with Gasteiger partial charge in [-0.1, -0.05) is 0 Å². The van der Waals surface area contributed by atoms with E-state index in [2.05, 4.69) is 0 Å². The van der Waals surface area contributed by atoms with Gasteiger partial charge in [-0.2, -0.15) is 4.65 Å². The van der Waals surface area contributed by atoms with Gasteiger partial charge in [0.25, 0.3) is 0 Å². The standard InChI is InChI=1S/C7H16Cl2NO/c1-3-11-10(2,6-4-8)7-5-9/h3-7H2,1-2H3/q+1. The molecule has 2 nitrogen and oxygen atoms in total. The lowest BCUT2D eigenvalue weighted by molar-refractivity contribution is -1.09. The minimum atomic E-state index is 0.517. The number of hydroxylamine groups is 3. The topological polar surface area (TPSA) is 9.23 Å². The van der Waals surface area contributed by atoms with Crippen molar-refractivity contribution in [1.82, 2.24) is 0 Å². The van der Waals surface area contributed by atoms with E-state index in [-0.39, 0.29) is 0 Å². The van der Waals surface area contributed by atoms with Crippen molar-refractivity contribution in [1.29, 1.82) is 0 Å². The summed E-state index contributed by atoms with van der Waals surface area (Å²) in [5.74, 6) is 1.21. The largest absolute Gasteiger partial charge is 0.203 e. The Balaban J connectivity index is 3.79. The lowest BCUT2D eigenvalue weighted by Gasteiger charge is -2.29. The van der Waals surface area contributed by atoms with Crippen molar-refractivity contribution in [2.75, 3.05) is 38.5 Å². The van der Waals surface area contributed by atoms with Crippen molar-refractivity contribution in [3.05, 3.63) is 0 Å². The number of hydrogen-bond donors (Lipinski definition) is 0. The molecule has 0 aromatic heterocycles. The highest BCUT2D eigenvalue weighted by atomic mass is 35.5. The fraction of sp³-hybridized carbons (Fsp3) is 1.00. The molecule has 0 spiro atoms. The van der Waals surface area contributed by atoms with Crippen molar-refractivity contribution in [3.8, 4) is 0 Å². The lowest BCUT2D eigenvalue weighted by Crippen LogP contribution is -2.46. The Labute approximate surface area is 78.6 Å². The van der Waals surface area contributed by atoms with Gasteiger partial charge in [0.05, 0.1) is 18.8 Å². The fourth-order valence-electron chi connectivity index (χ4n) is 0.910. The second-order valence-electron chi connectivity index (χ2n) is 2.54. The first-order valence-electron chi connectivity index (χ1n) is 3.79. The van der Waals surface area contributed by atoms with E-state index in [9.17, 15) is 0 Å². The van der Waals surface area contributed by atoms with Gasteiger partial charge in [-0.05, 0) is 6.92 Å². The summed E-state index contributed by atoms with van der Waals surface area (Å²) in [6.45, 7) is 4.29. The zero-order chi connectivity index (χ0) is 8.74. The van der Waals surface area contributed by atoms with Gasteiger partial charge in [0.2, 0.25) is 0 Å². The Morgan fingerprint density at radius 1 is 1.18 bits per heavy atom. The molecule has 0 saturated carbocycles. The molecule has 0 aliphatic heterocycles. The Morgan fingerprint density at radius 3 is 1.91 bits per heavy atom. The van der Waals surface area contributed by atoms with E-state index in [0.717, 1.165) is 13.1 Å². The lowest BCUT2D eigenvalue weighted by atomic mass is 10.5. The van der Waals surface area contributed by atoms with E-state index in [0.29, 0.717) is 23.0 Å². The third-order valence-corrected chi connectivity index (χ3v) is 1.89. The zero-order valence-electron chi connectivity index (χ0n) is 7.15. The highest BCUT2D eigenvalue weighted by Crippen LogP contribution is 2.04. The molecule has 0 atom stereocenters. The van der Waals surface area contributed by atoms with Crippen LogP contribution in [-0.2, 0) is 4.84 Å². The first kappa shape index (κ1) is 11.5. The summed E-state index contributed by atoms with van der Waals surface area (Å²) < 4.78 is 0.517. The van der Waals surface area contributed by atoms with Gasteiger partial charge >= 0.3 is 0 Å². The summed E-state index contributed by atoms with van der Waals surface area (Å²) in [5.41, 5.74) is 0. The highest BCUT2D eigenvalue weighted by Gasteiger charge is 2.20. The molecule has 0 fully saturated rings. The van der Waals surface area contributed by atoms with E-state index in [4.69, 9.17) is 28.0 Å². The number of rotatable bonds is 6. The van der Waals surface area contributed by atoms with Crippen LogP contribution in [0.4, 0.5) is 0 Å². The van der Waals surface area contributed by atoms with Crippen LogP contribution in [0.25, 0.3) is 0 Å². The molecule has 0 N–H and O–H groups in total. The summed E-state index contributed by atoms with van der Waals surface area (Å²) in [4.78, 5) is 5.48. The van der Waals surface area contributed by atoms with Crippen molar-refractivity contribution >= 4 is 23.2 Å². The molecule has 0 aromatic carbocycles. The van der Waals surface area contributed by atoms with Gasteiger partial charge in [-0.15, -0.1) is 23.2 Å². The van der Waals surface area contributed by atoms with Gasteiger partial charge in [0.15, 0.2) is 0 Å². The van der Waals surface area contributed by atoms with Crippen LogP contribution in [0.15, 0.2) is 0 Å². The molecule has 0 aromatic rings. The third kappa shape index (κ3) is 4.86. The van der Waals surface area contributed by atoms with E-state index in [1.807, 2.05) is 14.0 Å². The van der Waals surface area contributed by atoms with E-state index in [1.54, 1.807) is 0 Å². The smallest absolute Gasteiger partial charge is 0.122 e. The van der Waals surface area contributed by atoms with Crippen molar-refractivity contribution in [3.63, 3.8) is 0 Å². The Morgan fingerprint density at radius 2 is 1.64 bits per heavy atom.